The third-order valence-electron chi connectivity index (χ3n) is 2.58. The van der Waals surface area contributed by atoms with Crippen LogP contribution in [0.2, 0.25) is 0 Å². The summed E-state index contributed by atoms with van der Waals surface area (Å²) >= 11 is 0. The molecule has 4 nitrogen and oxygen atoms in total. The Morgan fingerprint density at radius 1 is 1.50 bits per heavy atom. The number of fused-ring (bicyclic) bond motifs is 1. The Labute approximate surface area is 82.2 Å². The van der Waals surface area contributed by atoms with Crippen molar-refractivity contribution in [3.8, 4) is 6.07 Å². The molecule has 1 aliphatic carbocycles. The molecule has 0 spiro atoms. The van der Waals surface area contributed by atoms with Gasteiger partial charge in [0.05, 0.1) is 18.4 Å². The van der Waals surface area contributed by atoms with E-state index < -0.39 is 5.92 Å². The second kappa shape index (κ2) is 3.72. The van der Waals surface area contributed by atoms with Gasteiger partial charge in [0, 0.05) is 5.69 Å². The lowest BCUT2D eigenvalue weighted by Gasteiger charge is -2.08. The van der Waals surface area contributed by atoms with Crippen molar-refractivity contribution in [3.05, 3.63) is 23.3 Å². The standard InChI is InChI=1S/C10H11N3O/c11-4-7(5-14)10-8-2-1-3-9(8)12-6-13-10/h6-7,14H,1-3,5H2. The molecule has 0 saturated carbocycles. The number of nitrogens with zero attached hydrogens (tertiary/aromatic N) is 3. The second-order valence-corrected chi connectivity index (χ2v) is 3.40. The third kappa shape index (κ3) is 1.36. The van der Waals surface area contributed by atoms with Crippen molar-refractivity contribution in [2.45, 2.75) is 25.2 Å². The minimum absolute atomic E-state index is 0.167. The molecule has 0 aromatic carbocycles. The molecule has 1 N–H and O–H groups in total. The number of aromatic nitrogens is 2. The Bertz CT molecular complexity index is 383. The second-order valence-electron chi connectivity index (χ2n) is 3.40. The Morgan fingerprint density at radius 2 is 2.36 bits per heavy atom. The summed E-state index contributed by atoms with van der Waals surface area (Å²) in [7, 11) is 0. The maximum atomic E-state index is 9.03. The summed E-state index contributed by atoms with van der Waals surface area (Å²) in [6.45, 7) is -0.167. The van der Waals surface area contributed by atoms with Crippen LogP contribution in [0.25, 0.3) is 0 Å². The lowest BCUT2D eigenvalue weighted by molar-refractivity contribution is 0.283. The van der Waals surface area contributed by atoms with Gasteiger partial charge in [-0.3, -0.25) is 0 Å². The van der Waals surface area contributed by atoms with Crippen molar-refractivity contribution < 1.29 is 5.11 Å². The average molecular weight is 189 g/mol. The largest absolute Gasteiger partial charge is 0.395 e. The maximum absolute atomic E-state index is 9.03. The molecule has 0 saturated heterocycles. The van der Waals surface area contributed by atoms with E-state index in [0.717, 1.165) is 36.2 Å². The number of hydrogen-bond acceptors (Lipinski definition) is 4. The number of hydrogen-bond donors (Lipinski definition) is 1. The van der Waals surface area contributed by atoms with Crippen molar-refractivity contribution in [2.75, 3.05) is 6.61 Å². The summed E-state index contributed by atoms with van der Waals surface area (Å²) in [5.74, 6) is -0.496. The molecule has 2 rings (SSSR count). The summed E-state index contributed by atoms with van der Waals surface area (Å²) in [4.78, 5) is 8.27. The first-order valence-corrected chi connectivity index (χ1v) is 4.70. The highest BCUT2D eigenvalue weighted by atomic mass is 16.3. The summed E-state index contributed by atoms with van der Waals surface area (Å²) in [6.07, 6.45) is 4.46. The monoisotopic (exact) mass is 189 g/mol. The van der Waals surface area contributed by atoms with Crippen LogP contribution in [0.5, 0.6) is 0 Å². The molecule has 72 valence electrons. The highest BCUT2D eigenvalue weighted by Gasteiger charge is 2.22. The zero-order chi connectivity index (χ0) is 9.97. The molecule has 1 aromatic rings. The molecule has 1 unspecified atom stereocenters. The third-order valence-corrected chi connectivity index (χ3v) is 2.58. The van der Waals surface area contributed by atoms with Crippen LogP contribution >= 0.6 is 0 Å². The van der Waals surface area contributed by atoms with Crippen LogP contribution < -0.4 is 0 Å². The van der Waals surface area contributed by atoms with E-state index in [0.29, 0.717) is 0 Å². The lowest BCUT2D eigenvalue weighted by Crippen LogP contribution is -2.08. The van der Waals surface area contributed by atoms with Gasteiger partial charge in [-0.05, 0) is 24.8 Å². The van der Waals surface area contributed by atoms with Gasteiger partial charge >= 0.3 is 0 Å². The van der Waals surface area contributed by atoms with Gasteiger partial charge in [-0.15, -0.1) is 0 Å². The van der Waals surface area contributed by atoms with Gasteiger partial charge in [0.2, 0.25) is 0 Å². The summed E-state index contributed by atoms with van der Waals surface area (Å²) in [5, 5.41) is 17.9. The van der Waals surface area contributed by atoms with E-state index in [1.165, 1.54) is 6.33 Å². The van der Waals surface area contributed by atoms with Crippen LogP contribution in [0.4, 0.5) is 0 Å². The Hall–Kier alpha value is -1.47. The summed E-state index contributed by atoms with van der Waals surface area (Å²) in [5.41, 5.74) is 2.84. The average Bonchev–Trinajstić information content (AvgIpc) is 2.68. The minimum Gasteiger partial charge on any atom is -0.395 e. The van der Waals surface area contributed by atoms with Gasteiger partial charge in [-0.25, -0.2) is 9.97 Å². The summed E-state index contributed by atoms with van der Waals surface area (Å²) < 4.78 is 0. The number of aryl methyl sites for hydroxylation is 1. The predicted octanol–water partition coefficient (Wildman–Crippen LogP) is 0.565. The van der Waals surface area contributed by atoms with E-state index in [9.17, 15) is 0 Å². The number of aliphatic hydroxyl groups is 1. The molecule has 0 aliphatic heterocycles. The molecule has 1 atom stereocenters. The first kappa shape index (κ1) is 9.10. The predicted molar refractivity (Wildman–Crippen MR) is 49.5 cm³/mol. The molecular weight excluding hydrogens is 178 g/mol. The van der Waals surface area contributed by atoms with Crippen LogP contribution in [0.1, 0.15) is 29.3 Å². The van der Waals surface area contributed by atoms with Crippen LogP contribution in [0, 0.1) is 11.3 Å². The van der Waals surface area contributed by atoms with E-state index in [1.54, 1.807) is 0 Å². The molecule has 4 heteroatoms. The van der Waals surface area contributed by atoms with E-state index in [4.69, 9.17) is 10.4 Å². The van der Waals surface area contributed by atoms with Gasteiger partial charge in [0.15, 0.2) is 0 Å². The van der Waals surface area contributed by atoms with Gasteiger partial charge in [0.1, 0.15) is 12.2 Å². The fourth-order valence-corrected chi connectivity index (χ4v) is 1.87. The Morgan fingerprint density at radius 3 is 3.07 bits per heavy atom. The summed E-state index contributed by atoms with van der Waals surface area (Å²) in [6, 6.07) is 2.06. The normalized spacial score (nSPS) is 16.0. The zero-order valence-electron chi connectivity index (χ0n) is 7.77. The van der Waals surface area contributed by atoms with Crippen LogP contribution in [-0.2, 0) is 12.8 Å². The molecule has 0 radical (unpaired) electrons. The first-order valence-electron chi connectivity index (χ1n) is 4.70. The van der Waals surface area contributed by atoms with Crippen molar-refractivity contribution in [1.82, 2.24) is 9.97 Å². The first-order chi connectivity index (χ1) is 6.86. The zero-order valence-corrected chi connectivity index (χ0v) is 7.77. The van der Waals surface area contributed by atoms with Crippen molar-refractivity contribution >= 4 is 0 Å². The topological polar surface area (TPSA) is 69.8 Å². The van der Waals surface area contributed by atoms with Crippen LogP contribution in [-0.4, -0.2) is 21.7 Å². The molecule has 0 bridgehead atoms. The van der Waals surface area contributed by atoms with Gasteiger partial charge < -0.3 is 5.11 Å². The van der Waals surface area contributed by atoms with Crippen molar-refractivity contribution in [2.24, 2.45) is 0 Å². The fraction of sp³-hybridized carbons (Fsp3) is 0.500. The molecule has 0 amide bonds. The minimum atomic E-state index is -0.496. The van der Waals surface area contributed by atoms with E-state index in [2.05, 4.69) is 16.0 Å². The molecule has 0 fully saturated rings. The van der Waals surface area contributed by atoms with Crippen LogP contribution in [0.3, 0.4) is 0 Å². The molecule has 14 heavy (non-hydrogen) atoms. The fourth-order valence-electron chi connectivity index (χ4n) is 1.87. The number of rotatable bonds is 2. The van der Waals surface area contributed by atoms with E-state index >= 15 is 0 Å². The lowest BCUT2D eigenvalue weighted by atomic mass is 10.0. The van der Waals surface area contributed by atoms with Crippen molar-refractivity contribution in [3.63, 3.8) is 0 Å². The van der Waals surface area contributed by atoms with Gasteiger partial charge in [-0.1, -0.05) is 0 Å². The highest BCUT2D eigenvalue weighted by Crippen LogP contribution is 2.26. The highest BCUT2D eigenvalue weighted by molar-refractivity contribution is 5.33. The van der Waals surface area contributed by atoms with E-state index in [1.807, 2.05) is 0 Å². The molecular formula is C10H11N3O. The number of aliphatic hydroxyl groups excluding tert-OH is 1. The SMILES string of the molecule is N#CC(CO)c1ncnc2c1CCC2. The Balaban J connectivity index is 2.44. The molecule has 1 aliphatic rings. The van der Waals surface area contributed by atoms with Gasteiger partial charge in [-0.2, -0.15) is 5.26 Å². The Kier molecular flexibility index (Phi) is 2.42. The molecule has 1 heterocycles. The number of nitriles is 1. The van der Waals surface area contributed by atoms with Crippen LogP contribution in [0.15, 0.2) is 6.33 Å². The van der Waals surface area contributed by atoms with Gasteiger partial charge in [0.25, 0.3) is 0 Å². The quantitative estimate of drug-likeness (QED) is 0.738. The molecule has 1 aromatic heterocycles. The smallest absolute Gasteiger partial charge is 0.116 e. The maximum Gasteiger partial charge on any atom is 0.116 e. The van der Waals surface area contributed by atoms with E-state index in [-0.39, 0.29) is 6.61 Å². The van der Waals surface area contributed by atoms with Crippen molar-refractivity contribution in [1.29, 1.82) is 5.26 Å².